The lowest BCUT2D eigenvalue weighted by Gasteiger charge is -2.34. The smallest absolute Gasteiger partial charge is 0.214 e. The Morgan fingerprint density at radius 1 is 1.35 bits per heavy atom. The predicted molar refractivity (Wildman–Crippen MR) is 64.8 cm³/mol. The molecule has 1 aromatic heterocycles. The summed E-state index contributed by atoms with van der Waals surface area (Å²) in [7, 11) is 1.61. The Hall–Kier alpha value is -2.00. The largest absolute Gasteiger partial charge is 0.481 e. The minimum absolute atomic E-state index is 0.623. The highest BCUT2D eigenvalue weighted by Crippen LogP contribution is 2.17. The van der Waals surface area contributed by atoms with E-state index < -0.39 is 0 Å². The monoisotopic (exact) mass is 233 g/mol. The number of aromatic nitrogens is 1. The predicted octanol–water partition coefficient (Wildman–Crippen LogP) is 0.557. The van der Waals surface area contributed by atoms with Crippen LogP contribution in [0.5, 0.6) is 5.88 Å². The molecule has 0 saturated carbocycles. The third-order valence-corrected chi connectivity index (χ3v) is 2.79. The Bertz CT molecular complexity index is 422. The summed E-state index contributed by atoms with van der Waals surface area (Å²) in [6.45, 7) is 3.32. The van der Waals surface area contributed by atoms with E-state index in [9.17, 15) is 4.79 Å². The number of pyridine rings is 1. The van der Waals surface area contributed by atoms with Crippen molar-refractivity contribution in [3.8, 4) is 5.88 Å². The average Bonchev–Trinajstić information content (AvgIpc) is 2.40. The van der Waals surface area contributed by atoms with Gasteiger partial charge in [0.1, 0.15) is 11.8 Å². The van der Waals surface area contributed by atoms with Gasteiger partial charge in [-0.1, -0.05) is 6.07 Å². The normalized spacial score (nSPS) is 15.4. The van der Waals surface area contributed by atoms with Crippen LogP contribution in [0, 0.1) is 0 Å². The molecule has 0 N–H and O–H groups in total. The number of anilines is 1. The molecule has 5 nitrogen and oxygen atoms in total. The maximum atomic E-state index is 10.2. The summed E-state index contributed by atoms with van der Waals surface area (Å²) in [5.74, 6) is 3.35. The maximum Gasteiger partial charge on any atom is 0.214 e. The van der Waals surface area contributed by atoms with Crippen LogP contribution in [0.4, 0.5) is 5.82 Å². The highest BCUT2D eigenvalue weighted by atomic mass is 16.5. The second kappa shape index (κ2) is 5.37. The first-order valence-electron chi connectivity index (χ1n) is 5.54. The fourth-order valence-corrected chi connectivity index (χ4v) is 1.85. The molecule has 0 aliphatic carbocycles. The number of methoxy groups -OCH3 is 1. The Balaban J connectivity index is 2.02. The Morgan fingerprint density at radius 2 is 2.12 bits per heavy atom. The molecule has 0 unspecified atom stereocenters. The van der Waals surface area contributed by atoms with Crippen molar-refractivity contribution >= 4 is 11.8 Å². The summed E-state index contributed by atoms with van der Waals surface area (Å²) < 4.78 is 5.10. The van der Waals surface area contributed by atoms with Crippen molar-refractivity contribution in [3.63, 3.8) is 0 Å². The number of carbonyl (C=O) groups excluding carboxylic acids is 1. The summed E-state index contributed by atoms with van der Waals surface area (Å²) in [6.07, 6.45) is 1.47. The van der Waals surface area contributed by atoms with Gasteiger partial charge in [-0.25, -0.2) is 4.79 Å². The van der Waals surface area contributed by atoms with Gasteiger partial charge in [0.05, 0.1) is 13.3 Å². The van der Waals surface area contributed by atoms with Crippen LogP contribution in [0.25, 0.3) is 0 Å². The van der Waals surface area contributed by atoms with E-state index in [1.807, 2.05) is 29.0 Å². The highest BCUT2D eigenvalue weighted by molar-refractivity contribution is 5.45. The first kappa shape index (κ1) is 11.5. The molecule has 1 aromatic rings. The van der Waals surface area contributed by atoms with Crippen LogP contribution in [-0.4, -0.2) is 49.1 Å². The van der Waals surface area contributed by atoms with Gasteiger partial charge in [0, 0.05) is 32.2 Å². The molecular formula is C12H15N3O2. The van der Waals surface area contributed by atoms with E-state index >= 15 is 0 Å². The van der Waals surface area contributed by atoms with Crippen molar-refractivity contribution in [2.24, 2.45) is 0 Å². The van der Waals surface area contributed by atoms with E-state index in [1.54, 1.807) is 7.11 Å². The number of ether oxygens (including phenoxy) is 1. The molecular weight excluding hydrogens is 218 g/mol. The van der Waals surface area contributed by atoms with Crippen LogP contribution < -0.4 is 9.64 Å². The number of nitrogens with zero attached hydrogens (tertiary/aromatic N) is 3. The molecule has 0 spiro atoms. The fourth-order valence-electron chi connectivity index (χ4n) is 1.85. The van der Waals surface area contributed by atoms with Crippen LogP contribution in [-0.2, 0) is 4.79 Å². The molecule has 2 heterocycles. The fraction of sp³-hybridized carbons (Fsp3) is 0.417. The van der Waals surface area contributed by atoms with E-state index in [4.69, 9.17) is 4.74 Å². The van der Waals surface area contributed by atoms with Crippen molar-refractivity contribution in [2.75, 3.05) is 38.2 Å². The molecule has 1 saturated heterocycles. The molecule has 2 rings (SSSR count). The molecule has 1 aliphatic rings. The van der Waals surface area contributed by atoms with Gasteiger partial charge in [0.2, 0.25) is 5.88 Å². The summed E-state index contributed by atoms with van der Waals surface area (Å²) in [5, 5.41) is 0. The minimum Gasteiger partial charge on any atom is -0.481 e. The van der Waals surface area contributed by atoms with Gasteiger partial charge in [0.15, 0.2) is 0 Å². The van der Waals surface area contributed by atoms with E-state index in [-0.39, 0.29) is 0 Å². The van der Waals surface area contributed by atoms with Gasteiger partial charge < -0.3 is 14.5 Å². The van der Waals surface area contributed by atoms with Crippen LogP contribution in [0.2, 0.25) is 0 Å². The van der Waals surface area contributed by atoms with Gasteiger partial charge in [-0.05, 0) is 6.07 Å². The van der Waals surface area contributed by atoms with Crippen molar-refractivity contribution < 1.29 is 9.53 Å². The lowest BCUT2D eigenvalue weighted by Crippen LogP contribution is -2.44. The number of piperazine rings is 1. The summed E-state index contributed by atoms with van der Waals surface area (Å²) >= 11 is 0. The van der Waals surface area contributed by atoms with Gasteiger partial charge in [0.25, 0.3) is 0 Å². The van der Waals surface area contributed by atoms with E-state index in [0.717, 1.165) is 32.0 Å². The van der Waals surface area contributed by atoms with Crippen molar-refractivity contribution in [3.05, 3.63) is 24.4 Å². The van der Waals surface area contributed by atoms with E-state index in [2.05, 4.69) is 9.88 Å². The summed E-state index contributed by atoms with van der Waals surface area (Å²) in [5.41, 5.74) is 0. The Morgan fingerprint density at radius 3 is 2.76 bits per heavy atom. The molecule has 17 heavy (non-hydrogen) atoms. The Kier molecular flexibility index (Phi) is 3.62. The molecule has 1 fully saturated rings. The number of rotatable bonds is 3. The van der Waals surface area contributed by atoms with Gasteiger partial charge in [-0.3, -0.25) is 0 Å². The zero-order valence-corrected chi connectivity index (χ0v) is 9.80. The van der Waals surface area contributed by atoms with Crippen molar-refractivity contribution in [1.29, 1.82) is 0 Å². The molecule has 0 aromatic carbocycles. The van der Waals surface area contributed by atoms with Crippen LogP contribution >= 0.6 is 0 Å². The topological polar surface area (TPSA) is 45.7 Å². The lowest BCUT2D eigenvalue weighted by atomic mass is 10.3. The molecule has 0 bridgehead atoms. The molecule has 0 atom stereocenters. The SMILES string of the molecule is COc1cccc(N2CCN(C=C=O)CC2)n1. The third kappa shape index (κ3) is 2.77. The van der Waals surface area contributed by atoms with Crippen LogP contribution in [0.1, 0.15) is 0 Å². The van der Waals surface area contributed by atoms with Gasteiger partial charge in [-0.15, -0.1) is 0 Å². The molecule has 0 amide bonds. The quantitative estimate of drug-likeness (QED) is 0.714. The summed E-state index contributed by atoms with van der Waals surface area (Å²) in [4.78, 5) is 18.8. The van der Waals surface area contributed by atoms with E-state index in [1.165, 1.54) is 6.20 Å². The zero-order chi connectivity index (χ0) is 12.1. The molecule has 1 aliphatic heterocycles. The minimum atomic E-state index is 0.623. The average molecular weight is 233 g/mol. The van der Waals surface area contributed by atoms with Gasteiger partial charge in [-0.2, -0.15) is 4.98 Å². The first-order valence-corrected chi connectivity index (χ1v) is 5.54. The second-order valence-corrected chi connectivity index (χ2v) is 3.81. The van der Waals surface area contributed by atoms with Crippen LogP contribution in [0.3, 0.4) is 0 Å². The Labute approximate surface area is 100 Å². The van der Waals surface area contributed by atoms with Crippen LogP contribution in [0.15, 0.2) is 24.4 Å². The lowest BCUT2D eigenvalue weighted by molar-refractivity contribution is 0.347. The van der Waals surface area contributed by atoms with Crippen molar-refractivity contribution in [2.45, 2.75) is 0 Å². The number of hydrogen-bond acceptors (Lipinski definition) is 5. The zero-order valence-electron chi connectivity index (χ0n) is 9.80. The highest BCUT2D eigenvalue weighted by Gasteiger charge is 2.16. The molecule has 90 valence electrons. The number of hydrogen-bond donors (Lipinski definition) is 0. The maximum absolute atomic E-state index is 10.2. The standard InChI is InChI=1S/C12H15N3O2/c1-17-12-4-2-3-11(13-12)15-7-5-14(6-8-15)9-10-16/h2-4,9H,5-8H2,1H3. The van der Waals surface area contributed by atoms with Gasteiger partial charge >= 0.3 is 0 Å². The third-order valence-electron chi connectivity index (χ3n) is 2.79. The molecule has 0 radical (unpaired) electrons. The summed E-state index contributed by atoms with van der Waals surface area (Å²) in [6, 6.07) is 5.72. The van der Waals surface area contributed by atoms with E-state index in [0.29, 0.717) is 5.88 Å². The van der Waals surface area contributed by atoms with Crippen molar-refractivity contribution in [1.82, 2.24) is 9.88 Å². The molecule has 5 heteroatoms. The first-order chi connectivity index (χ1) is 8.33. The second-order valence-electron chi connectivity index (χ2n) is 3.81.